The standard InChI is InChI=1S/C12H16BrF3N2S.2ClH/c13-11-2-1-10(19-11)9(3-4-12(14,15)16)18-7-5-17-6-8-18;;/h1-2,9,17H,3-8H2;2*1H/t9-;;/m0../s1. The van der Waals surface area contributed by atoms with Gasteiger partial charge in [-0.1, -0.05) is 0 Å². The van der Waals surface area contributed by atoms with Crippen LogP contribution >= 0.6 is 52.1 Å². The van der Waals surface area contributed by atoms with Gasteiger partial charge in [-0.25, -0.2) is 0 Å². The number of hydrogen-bond donors (Lipinski definition) is 1. The number of rotatable bonds is 4. The van der Waals surface area contributed by atoms with Gasteiger partial charge < -0.3 is 5.32 Å². The van der Waals surface area contributed by atoms with Gasteiger partial charge >= 0.3 is 6.18 Å². The molecule has 1 aromatic rings. The number of thiophene rings is 1. The van der Waals surface area contributed by atoms with Gasteiger partial charge in [-0.05, 0) is 34.5 Å². The minimum absolute atomic E-state index is 0. The van der Waals surface area contributed by atoms with E-state index in [9.17, 15) is 13.2 Å². The summed E-state index contributed by atoms with van der Waals surface area (Å²) in [6.07, 6.45) is -4.67. The third-order valence-corrected chi connectivity index (χ3v) is 4.94. The molecule has 1 aromatic heterocycles. The summed E-state index contributed by atoms with van der Waals surface area (Å²) in [5, 5.41) is 3.23. The van der Waals surface area contributed by atoms with E-state index in [0.29, 0.717) is 0 Å². The van der Waals surface area contributed by atoms with Gasteiger partial charge in [0.25, 0.3) is 0 Å². The lowest BCUT2D eigenvalue weighted by Crippen LogP contribution is -2.45. The molecule has 2 heterocycles. The van der Waals surface area contributed by atoms with Crippen molar-refractivity contribution in [2.45, 2.75) is 25.1 Å². The second-order valence-electron chi connectivity index (χ2n) is 4.60. The highest BCUT2D eigenvalue weighted by atomic mass is 79.9. The molecule has 2 nitrogen and oxygen atoms in total. The third kappa shape index (κ3) is 7.05. The molecule has 1 N–H and O–H groups in total. The van der Waals surface area contributed by atoms with Crippen molar-refractivity contribution >= 4 is 52.1 Å². The maximum Gasteiger partial charge on any atom is 0.389 e. The van der Waals surface area contributed by atoms with Crippen molar-refractivity contribution in [2.75, 3.05) is 26.2 Å². The summed E-state index contributed by atoms with van der Waals surface area (Å²) in [6, 6.07) is 3.71. The van der Waals surface area contributed by atoms with Gasteiger partial charge in [0.2, 0.25) is 0 Å². The van der Waals surface area contributed by atoms with Crippen molar-refractivity contribution in [3.8, 4) is 0 Å². The summed E-state index contributed by atoms with van der Waals surface area (Å²) >= 11 is 4.91. The monoisotopic (exact) mass is 428 g/mol. The quantitative estimate of drug-likeness (QED) is 0.749. The van der Waals surface area contributed by atoms with E-state index in [1.54, 1.807) is 0 Å². The molecule has 0 saturated carbocycles. The van der Waals surface area contributed by atoms with Crippen LogP contribution in [0.25, 0.3) is 0 Å². The molecule has 0 radical (unpaired) electrons. The van der Waals surface area contributed by atoms with E-state index in [-0.39, 0.29) is 37.3 Å². The number of piperazine rings is 1. The minimum atomic E-state index is -4.08. The molecule has 124 valence electrons. The first-order valence-corrected chi connectivity index (χ1v) is 7.83. The van der Waals surface area contributed by atoms with Crippen LogP contribution in [0.4, 0.5) is 13.2 Å². The normalized spacial score (nSPS) is 17.7. The van der Waals surface area contributed by atoms with Gasteiger partial charge in [0.1, 0.15) is 0 Å². The predicted molar refractivity (Wildman–Crippen MR) is 89.0 cm³/mol. The van der Waals surface area contributed by atoms with Crippen molar-refractivity contribution in [1.82, 2.24) is 10.2 Å². The maximum atomic E-state index is 12.5. The Bertz CT molecular complexity index is 411. The molecule has 2 rings (SSSR count). The van der Waals surface area contributed by atoms with E-state index in [4.69, 9.17) is 0 Å². The summed E-state index contributed by atoms with van der Waals surface area (Å²) in [4.78, 5) is 3.17. The minimum Gasteiger partial charge on any atom is -0.314 e. The lowest BCUT2D eigenvalue weighted by Gasteiger charge is -2.34. The summed E-state index contributed by atoms with van der Waals surface area (Å²) < 4.78 is 38.4. The second kappa shape index (κ2) is 9.57. The molecule has 1 aliphatic heterocycles. The van der Waals surface area contributed by atoms with Crippen molar-refractivity contribution in [2.24, 2.45) is 0 Å². The molecule has 9 heteroatoms. The SMILES string of the molecule is Cl.Cl.FC(F)(F)CC[C@@H](c1ccc(Br)s1)N1CCNCC1. The van der Waals surface area contributed by atoms with Crippen LogP contribution in [0.5, 0.6) is 0 Å². The molecule has 0 unspecified atom stereocenters. The first-order chi connectivity index (χ1) is 8.96. The number of nitrogens with zero attached hydrogens (tertiary/aromatic N) is 1. The van der Waals surface area contributed by atoms with Crippen LogP contribution < -0.4 is 5.32 Å². The molecular weight excluding hydrogens is 412 g/mol. The highest BCUT2D eigenvalue weighted by Gasteiger charge is 2.31. The lowest BCUT2D eigenvalue weighted by molar-refractivity contribution is -0.138. The Labute approximate surface area is 147 Å². The average Bonchev–Trinajstić information content (AvgIpc) is 2.76. The van der Waals surface area contributed by atoms with Crippen molar-refractivity contribution in [3.63, 3.8) is 0 Å². The van der Waals surface area contributed by atoms with Gasteiger partial charge in [-0.15, -0.1) is 36.2 Å². The van der Waals surface area contributed by atoms with Crippen molar-refractivity contribution in [1.29, 1.82) is 0 Å². The molecule has 0 aromatic carbocycles. The van der Waals surface area contributed by atoms with E-state index in [1.807, 2.05) is 12.1 Å². The number of halogens is 6. The Morgan fingerprint density at radius 3 is 2.33 bits per heavy atom. The zero-order chi connectivity index (χ0) is 13.9. The maximum absolute atomic E-state index is 12.5. The van der Waals surface area contributed by atoms with Crippen LogP contribution in [-0.4, -0.2) is 37.3 Å². The first kappa shape index (κ1) is 21.5. The number of alkyl halides is 3. The van der Waals surface area contributed by atoms with Gasteiger partial charge in [-0.3, -0.25) is 4.90 Å². The Kier molecular flexibility index (Phi) is 9.79. The zero-order valence-electron chi connectivity index (χ0n) is 11.2. The Morgan fingerprint density at radius 2 is 1.86 bits per heavy atom. The number of nitrogens with one attached hydrogen (secondary N) is 1. The number of hydrogen-bond acceptors (Lipinski definition) is 3. The second-order valence-corrected chi connectivity index (χ2v) is 7.09. The van der Waals surface area contributed by atoms with Crippen molar-refractivity contribution < 1.29 is 13.2 Å². The van der Waals surface area contributed by atoms with E-state index >= 15 is 0 Å². The smallest absolute Gasteiger partial charge is 0.314 e. The lowest BCUT2D eigenvalue weighted by atomic mass is 10.1. The van der Waals surface area contributed by atoms with Gasteiger partial charge in [-0.2, -0.15) is 13.2 Å². The predicted octanol–water partition coefficient (Wildman–Crippen LogP) is 4.64. The fraction of sp³-hybridized carbons (Fsp3) is 0.667. The van der Waals surface area contributed by atoms with Crippen LogP contribution in [0.2, 0.25) is 0 Å². The van der Waals surface area contributed by atoms with Crippen LogP contribution in [0.3, 0.4) is 0 Å². The fourth-order valence-corrected chi connectivity index (χ4v) is 3.90. The summed E-state index contributed by atoms with van der Waals surface area (Å²) in [6.45, 7) is 3.29. The molecule has 0 spiro atoms. The summed E-state index contributed by atoms with van der Waals surface area (Å²) in [5.41, 5.74) is 0. The highest BCUT2D eigenvalue weighted by molar-refractivity contribution is 9.11. The van der Waals surface area contributed by atoms with Crippen LogP contribution in [-0.2, 0) is 0 Å². The van der Waals surface area contributed by atoms with E-state index in [2.05, 4.69) is 26.1 Å². The molecule has 1 aliphatic rings. The largest absolute Gasteiger partial charge is 0.389 e. The van der Waals surface area contributed by atoms with Crippen LogP contribution in [0, 0.1) is 0 Å². The van der Waals surface area contributed by atoms with E-state index in [0.717, 1.165) is 34.8 Å². The Balaban J connectivity index is 0.00000200. The van der Waals surface area contributed by atoms with Gasteiger partial charge in [0.05, 0.1) is 3.79 Å². The first-order valence-electron chi connectivity index (χ1n) is 6.22. The van der Waals surface area contributed by atoms with Crippen molar-refractivity contribution in [3.05, 3.63) is 20.8 Å². The molecule has 0 bridgehead atoms. The van der Waals surface area contributed by atoms with Crippen LogP contribution in [0.15, 0.2) is 15.9 Å². The molecule has 0 aliphatic carbocycles. The molecule has 0 amide bonds. The highest BCUT2D eigenvalue weighted by Crippen LogP contribution is 2.36. The molecule has 21 heavy (non-hydrogen) atoms. The van der Waals surface area contributed by atoms with E-state index < -0.39 is 12.6 Å². The topological polar surface area (TPSA) is 15.3 Å². The fourth-order valence-electron chi connectivity index (χ4n) is 2.31. The van der Waals surface area contributed by atoms with Gasteiger partial charge in [0, 0.05) is 43.5 Å². The summed E-state index contributed by atoms with van der Waals surface area (Å²) in [7, 11) is 0. The third-order valence-electron chi connectivity index (χ3n) is 3.22. The summed E-state index contributed by atoms with van der Waals surface area (Å²) in [5.74, 6) is 0. The molecular formula is C12H18BrCl2F3N2S. The molecule has 1 saturated heterocycles. The van der Waals surface area contributed by atoms with Crippen LogP contribution in [0.1, 0.15) is 23.8 Å². The zero-order valence-corrected chi connectivity index (χ0v) is 15.2. The average molecular weight is 430 g/mol. The van der Waals surface area contributed by atoms with Gasteiger partial charge in [0.15, 0.2) is 0 Å². The Hall–Kier alpha value is 0.470. The van der Waals surface area contributed by atoms with E-state index in [1.165, 1.54) is 11.3 Å². The Morgan fingerprint density at radius 1 is 1.24 bits per heavy atom. The molecule has 1 atom stereocenters. The molecule has 1 fully saturated rings.